The van der Waals surface area contributed by atoms with Gasteiger partial charge in [0.15, 0.2) is 23.9 Å². The van der Waals surface area contributed by atoms with Gasteiger partial charge in [0.05, 0.1) is 25.6 Å². The van der Waals surface area contributed by atoms with Gasteiger partial charge in [-0.3, -0.25) is 13.9 Å². The van der Waals surface area contributed by atoms with Gasteiger partial charge in [0.2, 0.25) is 5.28 Å². The van der Waals surface area contributed by atoms with Crippen LogP contribution in [-0.2, 0) is 23.4 Å². The molecular weight excluding hydrogens is 442 g/mol. The van der Waals surface area contributed by atoms with Crippen LogP contribution < -0.4 is 10.8 Å². The number of nitrogens with two attached hydrogens (primary N) is 1. The van der Waals surface area contributed by atoms with E-state index in [9.17, 15) is 9.36 Å². The minimum atomic E-state index is -3.48. The second kappa shape index (κ2) is 8.01. The van der Waals surface area contributed by atoms with Gasteiger partial charge in [0, 0.05) is 12.1 Å². The van der Waals surface area contributed by atoms with Crippen LogP contribution in [0.5, 0.6) is 0 Å². The lowest BCUT2D eigenvalue weighted by Crippen LogP contribution is -2.41. The predicted molar refractivity (Wildman–Crippen MR) is 105 cm³/mol. The van der Waals surface area contributed by atoms with E-state index in [1.807, 2.05) is 0 Å². The highest BCUT2D eigenvalue weighted by atomic mass is 35.5. The number of hydrogen-bond acceptors (Lipinski definition) is 9. The number of nitrogens with one attached hydrogen (secondary N) is 1. The third-order valence-corrected chi connectivity index (χ3v) is 7.52. The highest BCUT2D eigenvalue weighted by Crippen LogP contribution is 2.54. The van der Waals surface area contributed by atoms with E-state index in [-0.39, 0.29) is 41.6 Å². The minimum absolute atomic E-state index is 0.0690. The second-order valence-electron chi connectivity index (χ2n) is 7.13. The molecule has 0 saturated carbocycles. The van der Waals surface area contributed by atoms with Crippen molar-refractivity contribution >= 4 is 42.1 Å². The van der Waals surface area contributed by atoms with Crippen molar-refractivity contribution in [2.45, 2.75) is 38.4 Å². The third-order valence-electron chi connectivity index (χ3n) is 5.10. The van der Waals surface area contributed by atoms with Crippen LogP contribution in [0, 0.1) is 5.92 Å². The Labute approximate surface area is 175 Å². The number of esters is 1. The van der Waals surface area contributed by atoms with Gasteiger partial charge in [-0.2, -0.15) is 9.97 Å². The molecule has 164 valence electrons. The number of carbonyl (C=O) groups is 1. The number of halogens is 2. The summed E-state index contributed by atoms with van der Waals surface area (Å²) in [7, 11) is -3.48. The molecule has 0 radical (unpaired) electrons. The molecule has 2 aromatic rings. The molecule has 1 unspecified atom stereocenters. The Kier molecular flexibility index (Phi) is 5.71. The van der Waals surface area contributed by atoms with E-state index in [0.29, 0.717) is 0 Å². The predicted octanol–water partition coefficient (Wildman–Crippen LogP) is 1.68. The molecule has 30 heavy (non-hydrogen) atoms. The molecule has 2 fully saturated rings. The van der Waals surface area contributed by atoms with Crippen molar-refractivity contribution in [2.24, 2.45) is 5.92 Å². The molecule has 11 nitrogen and oxygen atoms in total. The van der Waals surface area contributed by atoms with E-state index in [4.69, 9.17) is 31.3 Å². The van der Waals surface area contributed by atoms with Crippen molar-refractivity contribution in [2.75, 3.05) is 25.1 Å². The van der Waals surface area contributed by atoms with Crippen LogP contribution in [-0.4, -0.2) is 63.2 Å². The molecule has 2 aliphatic rings. The lowest BCUT2D eigenvalue weighted by atomic mass is 10.0. The van der Waals surface area contributed by atoms with Gasteiger partial charge in [-0.1, -0.05) is 0 Å². The van der Waals surface area contributed by atoms with Gasteiger partial charge in [-0.25, -0.2) is 14.5 Å². The zero-order chi connectivity index (χ0) is 21.6. The number of nitrogens with zero attached hydrogens (tertiary/aromatic N) is 4. The maximum absolute atomic E-state index is 15.4. The number of aromatic nitrogens is 4. The maximum atomic E-state index is 15.4. The summed E-state index contributed by atoms with van der Waals surface area (Å²) in [5.41, 5.74) is 6.31. The molecule has 6 atom stereocenters. The van der Waals surface area contributed by atoms with Crippen molar-refractivity contribution in [3.05, 3.63) is 11.6 Å². The van der Waals surface area contributed by atoms with Gasteiger partial charge in [-0.15, -0.1) is 0 Å². The molecule has 0 amide bonds. The number of rotatable bonds is 5. The monoisotopic (exact) mass is 462 g/mol. The molecule has 2 saturated heterocycles. The summed E-state index contributed by atoms with van der Waals surface area (Å²) in [5.74, 6) is -1.21. The molecule has 0 bridgehead atoms. The van der Waals surface area contributed by atoms with Crippen LogP contribution >= 0.6 is 19.1 Å². The average Bonchev–Trinajstić information content (AvgIpc) is 3.23. The van der Waals surface area contributed by atoms with E-state index >= 15 is 4.39 Å². The van der Waals surface area contributed by atoms with E-state index in [1.54, 1.807) is 6.92 Å². The first kappa shape index (κ1) is 21.4. The van der Waals surface area contributed by atoms with E-state index in [2.05, 4.69) is 20.0 Å². The van der Waals surface area contributed by atoms with Gasteiger partial charge in [0.1, 0.15) is 11.6 Å². The highest BCUT2D eigenvalue weighted by molar-refractivity contribution is 7.57. The Morgan fingerprint density at radius 1 is 1.57 bits per heavy atom. The molecule has 4 heterocycles. The summed E-state index contributed by atoms with van der Waals surface area (Å²) in [5, 5.41) is 2.57. The van der Waals surface area contributed by atoms with Crippen molar-refractivity contribution < 1.29 is 27.7 Å². The molecule has 4 rings (SSSR count). The highest BCUT2D eigenvalue weighted by Gasteiger charge is 2.53. The molecule has 0 aliphatic carbocycles. The van der Waals surface area contributed by atoms with Crippen LogP contribution in [0.25, 0.3) is 11.2 Å². The summed E-state index contributed by atoms with van der Waals surface area (Å²) in [4.78, 5) is 23.9. The van der Waals surface area contributed by atoms with E-state index in [0.717, 1.165) is 0 Å². The Morgan fingerprint density at radius 2 is 2.33 bits per heavy atom. The summed E-state index contributed by atoms with van der Waals surface area (Å²) in [6.07, 6.45) is -2.02. The number of alkyl halides is 1. The normalized spacial score (nSPS) is 32.1. The molecule has 0 aromatic carbocycles. The SMILES string of the molecule is CCOC(=O)[C@H](C)NP1(=O)C[C@H]2[C@H](F)[C@H](n3cnc4c(N)nc(Cl)nc43)O[C@@H]2CO1. The first-order valence-corrected chi connectivity index (χ1v) is 11.5. The summed E-state index contributed by atoms with van der Waals surface area (Å²) in [6.45, 7) is 3.29. The smallest absolute Gasteiger partial charge is 0.323 e. The molecule has 2 aliphatic heterocycles. The van der Waals surface area contributed by atoms with Gasteiger partial charge in [0.25, 0.3) is 7.52 Å². The number of carbonyl (C=O) groups excluding carboxylic acids is 1. The summed E-state index contributed by atoms with van der Waals surface area (Å²) in [6, 6.07) is -0.858. The Hall–Kier alpha value is -1.85. The largest absolute Gasteiger partial charge is 0.465 e. The van der Waals surface area contributed by atoms with Crippen molar-refractivity contribution in [1.82, 2.24) is 24.6 Å². The lowest BCUT2D eigenvalue weighted by molar-refractivity contribution is -0.144. The molecule has 14 heteroatoms. The number of hydrogen-bond donors (Lipinski definition) is 2. The fraction of sp³-hybridized carbons (Fsp3) is 0.625. The maximum Gasteiger partial charge on any atom is 0.323 e. The van der Waals surface area contributed by atoms with Crippen LogP contribution in [0.2, 0.25) is 5.28 Å². The van der Waals surface area contributed by atoms with E-state index in [1.165, 1.54) is 17.8 Å². The van der Waals surface area contributed by atoms with Crippen molar-refractivity contribution in [3.8, 4) is 0 Å². The quantitative estimate of drug-likeness (QED) is 0.382. The standard InChI is InChI=1S/C16H21ClFN6O5P/c1-3-27-15(25)7(2)23-30(26)5-8-9(4-28-30)29-14(10(8)18)24-6-20-11-12(19)21-16(17)22-13(11)24/h6-10,14H,3-5H2,1-2H3,(H,23,26)(H2,19,21,22)/t7-,8+,9+,10-,14+,30?/m0/s1. The van der Waals surface area contributed by atoms with Crippen LogP contribution in [0.3, 0.4) is 0 Å². The number of imidazole rings is 1. The average molecular weight is 463 g/mol. The van der Waals surface area contributed by atoms with Crippen molar-refractivity contribution in [1.29, 1.82) is 0 Å². The third kappa shape index (κ3) is 3.78. The molecule has 0 spiro atoms. The van der Waals surface area contributed by atoms with Crippen LogP contribution in [0.15, 0.2) is 6.33 Å². The number of ether oxygens (including phenoxy) is 2. The fourth-order valence-corrected chi connectivity index (χ4v) is 6.23. The van der Waals surface area contributed by atoms with Crippen molar-refractivity contribution in [3.63, 3.8) is 0 Å². The number of anilines is 1. The summed E-state index contributed by atoms with van der Waals surface area (Å²) >= 11 is 5.87. The minimum Gasteiger partial charge on any atom is -0.465 e. The number of nitrogen functional groups attached to an aromatic ring is 1. The van der Waals surface area contributed by atoms with Gasteiger partial charge in [-0.05, 0) is 25.4 Å². The molecular formula is C16H21ClFN6O5P. The van der Waals surface area contributed by atoms with E-state index < -0.39 is 44.0 Å². The Balaban J connectivity index is 1.54. The Morgan fingerprint density at radius 3 is 3.07 bits per heavy atom. The first-order chi connectivity index (χ1) is 14.2. The van der Waals surface area contributed by atoms with Crippen LogP contribution in [0.1, 0.15) is 20.1 Å². The van der Waals surface area contributed by atoms with Gasteiger partial charge < -0.3 is 19.7 Å². The number of fused-ring (bicyclic) bond motifs is 2. The topological polar surface area (TPSA) is 143 Å². The molecule has 3 N–H and O–H groups in total. The lowest BCUT2D eigenvalue weighted by Gasteiger charge is -2.32. The first-order valence-electron chi connectivity index (χ1n) is 9.35. The Bertz CT molecular complexity index is 1020. The fourth-order valence-electron chi connectivity index (χ4n) is 3.70. The molecule has 2 aromatic heterocycles. The second-order valence-corrected chi connectivity index (χ2v) is 9.70. The zero-order valence-corrected chi connectivity index (χ0v) is 17.8. The zero-order valence-electron chi connectivity index (χ0n) is 16.2. The van der Waals surface area contributed by atoms with Gasteiger partial charge >= 0.3 is 5.97 Å². The van der Waals surface area contributed by atoms with Crippen LogP contribution in [0.4, 0.5) is 10.2 Å². The summed E-state index contributed by atoms with van der Waals surface area (Å²) < 4.78 is 46.1.